The van der Waals surface area contributed by atoms with Crippen molar-refractivity contribution in [1.82, 2.24) is 14.7 Å². The highest BCUT2D eigenvalue weighted by Crippen LogP contribution is 2.32. The zero-order valence-electron chi connectivity index (χ0n) is 20.5. The van der Waals surface area contributed by atoms with E-state index in [1.54, 1.807) is 30.3 Å². The molecule has 0 aliphatic rings. The Kier molecular flexibility index (Phi) is 8.32. The van der Waals surface area contributed by atoms with E-state index >= 15 is 0 Å². The molecule has 2 N–H and O–H groups in total. The van der Waals surface area contributed by atoms with Crippen molar-refractivity contribution >= 4 is 39.2 Å². The van der Waals surface area contributed by atoms with E-state index in [2.05, 4.69) is 22.5 Å². The first-order chi connectivity index (χ1) is 17.9. The number of benzene rings is 3. The highest BCUT2D eigenvalue weighted by Gasteiger charge is 2.21. The molecule has 0 aliphatic heterocycles. The van der Waals surface area contributed by atoms with E-state index in [9.17, 15) is 13.4 Å². The number of aromatic nitrogens is 2. The highest BCUT2D eigenvalue weighted by molar-refractivity contribution is 7.83. The van der Waals surface area contributed by atoms with Crippen molar-refractivity contribution < 1.29 is 23.0 Å². The van der Waals surface area contributed by atoms with Gasteiger partial charge in [-0.15, -0.1) is 0 Å². The van der Waals surface area contributed by atoms with Gasteiger partial charge in [0.2, 0.25) is 0 Å². The fourth-order valence-electron chi connectivity index (χ4n) is 3.65. The van der Waals surface area contributed by atoms with E-state index in [0.29, 0.717) is 27.9 Å². The quantitative estimate of drug-likeness (QED) is 0.160. The Morgan fingerprint density at radius 1 is 1.16 bits per heavy atom. The van der Waals surface area contributed by atoms with E-state index in [-0.39, 0.29) is 24.5 Å². The number of hydrogen-bond donors (Lipinski definition) is 2. The number of hydroxylamine groups is 1. The molecule has 0 saturated heterocycles. The minimum atomic E-state index is -1.63. The van der Waals surface area contributed by atoms with Crippen molar-refractivity contribution in [3.63, 3.8) is 0 Å². The fourth-order valence-corrected chi connectivity index (χ4v) is 4.69. The van der Waals surface area contributed by atoms with Crippen LogP contribution in [0.2, 0.25) is 0 Å². The Hall–Kier alpha value is -4.02. The number of carbonyl (C=O) groups excluding carboxylic acids is 1. The first-order valence-corrected chi connectivity index (χ1v) is 12.7. The molecule has 0 fully saturated rings. The Morgan fingerprint density at radius 2 is 1.95 bits per heavy atom. The summed E-state index contributed by atoms with van der Waals surface area (Å²) in [5.41, 5.74) is 5.44. The number of aryl methyl sites for hydroxylation is 2. The number of nitrogens with one attached hydrogen (secondary N) is 2. The SMILES string of the molecule is C=COCCONC(=O)c1ccc2c(cnn2S(=O)c2ccc(C)cc2)c1Nc1ccc(CC)cc1F. The van der Waals surface area contributed by atoms with E-state index in [1.807, 2.05) is 32.0 Å². The van der Waals surface area contributed by atoms with Crippen LogP contribution in [-0.2, 0) is 27.0 Å². The van der Waals surface area contributed by atoms with Gasteiger partial charge in [-0.3, -0.25) is 9.63 Å². The molecule has 0 spiro atoms. The number of rotatable bonds is 11. The molecule has 1 aromatic heterocycles. The standard InChI is InChI=1S/C27H27FN4O4S/c1-4-19-8-12-24(23(28)16-19)30-26-21(27(33)31-36-15-14-35-5-2)11-13-25-22(26)17-29-32(25)37(34)20-9-6-18(3)7-10-20/h5-13,16-17,30H,2,4,14-15H2,1,3H3,(H,31,33). The molecule has 4 aromatic rings. The molecular weight excluding hydrogens is 495 g/mol. The van der Waals surface area contributed by atoms with Crippen LogP contribution >= 0.6 is 0 Å². The van der Waals surface area contributed by atoms with Gasteiger partial charge >= 0.3 is 0 Å². The molecule has 4 rings (SSSR count). The molecule has 1 amide bonds. The number of nitrogens with zero attached hydrogens (tertiary/aromatic N) is 2. The second-order valence-corrected chi connectivity index (χ2v) is 9.43. The lowest BCUT2D eigenvalue weighted by molar-refractivity contribution is 0.0145. The van der Waals surface area contributed by atoms with Gasteiger partial charge in [0.05, 0.1) is 39.8 Å². The van der Waals surface area contributed by atoms with Gasteiger partial charge in [-0.1, -0.05) is 37.3 Å². The third-order valence-electron chi connectivity index (χ3n) is 5.63. The summed E-state index contributed by atoms with van der Waals surface area (Å²) in [5, 5.41) is 7.87. The number of anilines is 2. The highest BCUT2D eigenvalue weighted by atomic mass is 32.2. The maximum Gasteiger partial charge on any atom is 0.276 e. The van der Waals surface area contributed by atoms with E-state index in [0.717, 1.165) is 11.1 Å². The zero-order chi connectivity index (χ0) is 26.4. The van der Waals surface area contributed by atoms with Crippen molar-refractivity contribution in [2.24, 2.45) is 0 Å². The Labute approximate surface area is 216 Å². The van der Waals surface area contributed by atoms with Crippen molar-refractivity contribution in [3.05, 3.63) is 96.1 Å². The summed E-state index contributed by atoms with van der Waals surface area (Å²) < 4.78 is 34.5. The van der Waals surface area contributed by atoms with E-state index in [1.165, 1.54) is 22.6 Å². The smallest absolute Gasteiger partial charge is 0.276 e. The molecule has 1 atom stereocenters. The molecule has 192 valence electrons. The predicted octanol–water partition coefficient (Wildman–Crippen LogP) is 5.18. The van der Waals surface area contributed by atoms with Crippen LogP contribution in [-0.4, -0.2) is 32.5 Å². The molecule has 0 radical (unpaired) electrons. The van der Waals surface area contributed by atoms with Crippen LogP contribution in [0, 0.1) is 12.7 Å². The molecule has 0 saturated carbocycles. The normalized spacial score (nSPS) is 11.8. The molecule has 3 aromatic carbocycles. The number of halogens is 1. The molecule has 1 heterocycles. The van der Waals surface area contributed by atoms with Gasteiger partial charge in [0.1, 0.15) is 19.0 Å². The molecule has 0 bridgehead atoms. The molecule has 0 aliphatic carbocycles. The van der Waals surface area contributed by atoms with Crippen LogP contribution in [0.15, 0.2) is 78.5 Å². The van der Waals surface area contributed by atoms with Gasteiger partial charge in [0, 0.05) is 5.39 Å². The van der Waals surface area contributed by atoms with Gasteiger partial charge in [0.25, 0.3) is 5.91 Å². The number of ether oxygens (including phenoxy) is 1. The Bertz CT molecular complexity index is 1450. The Balaban J connectivity index is 1.73. The summed E-state index contributed by atoms with van der Waals surface area (Å²) >= 11 is 0. The van der Waals surface area contributed by atoms with Crippen molar-refractivity contribution in [3.8, 4) is 0 Å². The first-order valence-electron chi connectivity index (χ1n) is 11.6. The van der Waals surface area contributed by atoms with Gasteiger partial charge in [-0.25, -0.2) is 14.1 Å². The number of amides is 1. The monoisotopic (exact) mass is 522 g/mol. The average molecular weight is 523 g/mol. The van der Waals surface area contributed by atoms with Crippen LogP contribution in [0.3, 0.4) is 0 Å². The third-order valence-corrected chi connectivity index (χ3v) is 6.91. The van der Waals surface area contributed by atoms with Crippen LogP contribution < -0.4 is 10.8 Å². The van der Waals surface area contributed by atoms with Crippen molar-refractivity contribution in [2.75, 3.05) is 18.5 Å². The Morgan fingerprint density at radius 3 is 2.65 bits per heavy atom. The lowest BCUT2D eigenvalue weighted by Gasteiger charge is -2.15. The first kappa shape index (κ1) is 26.1. The second-order valence-electron chi connectivity index (χ2n) is 8.11. The average Bonchev–Trinajstić information content (AvgIpc) is 3.34. The molecule has 8 nitrogen and oxygen atoms in total. The fraction of sp³-hybridized carbons (Fsp3) is 0.185. The van der Waals surface area contributed by atoms with E-state index < -0.39 is 22.7 Å². The summed E-state index contributed by atoms with van der Waals surface area (Å²) in [6, 6.07) is 15.4. The molecular formula is C27H27FN4O4S. The maximum absolute atomic E-state index is 14.9. The lowest BCUT2D eigenvalue weighted by Crippen LogP contribution is -2.26. The van der Waals surface area contributed by atoms with Gasteiger partial charge in [-0.05, 0) is 55.3 Å². The number of fused-ring (bicyclic) bond motifs is 1. The minimum absolute atomic E-state index is 0.101. The summed E-state index contributed by atoms with van der Waals surface area (Å²) in [6.45, 7) is 7.64. The maximum atomic E-state index is 14.9. The van der Waals surface area contributed by atoms with Crippen LogP contribution in [0.5, 0.6) is 0 Å². The van der Waals surface area contributed by atoms with E-state index in [4.69, 9.17) is 9.57 Å². The number of hydrogen-bond acceptors (Lipinski definition) is 6. The predicted molar refractivity (Wildman–Crippen MR) is 141 cm³/mol. The zero-order valence-corrected chi connectivity index (χ0v) is 21.3. The minimum Gasteiger partial charge on any atom is -0.499 e. The topological polar surface area (TPSA) is 94.5 Å². The van der Waals surface area contributed by atoms with Gasteiger partial charge in [0.15, 0.2) is 11.0 Å². The molecule has 37 heavy (non-hydrogen) atoms. The van der Waals surface area contributed by atoms with Crippen molar-refractivity contribution in [1.29, 1.82) is 0 Å². The summed E-state index contributed by atoms with van der Waals surface area (Å²) in [5.74, 6) is -1.02. The van der Waals surface area contributed by atoms with Gasteiger partial charge < -0.3 is 10.1 Å². The van der Waals surface area contributed by atoms with Gasteiger partial charge in [-0.2, -0.15) is 9.19 Å². The van der Waals surface area contributed by atoms with Crippen LogP contribution in [0.25, 0.3) is 10.9 Å². The van der Waals surface area contributed by atoms with Crippen LogP contribution in [0.1, 0.15) is 28.4 Å². The summed E-state index contributed by atoms with van der Waals surface area (Å²) in [4.78, 5) is 18.8. The third kappa shape index (κ3) is 5.87. The number of carbonyl (C=O) groups is 1. The largest absolute Gasteiger partial charge is 0.499 e. The summed E-state index contributed by atoms with van der Waals surface area (Å²) in [6.07, 6.45) is 3.46. The second kappa shape index (κ2) is 11.8. The molecule has 1 unspecified atom stereocenters. The van der Waals surface area contributed by atoms with Crippen LogP contribution in [0.4, 0.5) is 15.8 Å². The lowest BCUT2D eigenvalue weighted by atomic mass is 10.1. The summed E-state index contributed by atoms with van der Waals surface area (Å²) in [7, 11) is -1.63. The molecule has 10 heteroatoms. The van der Waals surface area contributed by atoms with Crippen molar-refractivity contribution in [2.45, 2.75) is 25.2 Å².